The van der Waals surface area contributed by atoms with Crippen LogP contribution in [0.5, 0.6) is 5.75 Å². The number of nitrogens with zero attached hydrogens (tertiary/aromatic N) is 4. The number of anilines is 1. The van der Waals surface area contributed by atoms with E-state index in [0.717, 1.165) is 18.9 Å². The monoisotopic (exact) mass is 358 g/mol. The summed E-state index contributed by atoms with van der Waals surface area (Å²) in [5, 5.41) is 21.4. The zero-order valence-electron chi connectivity index (χ0n) is 14.6. The van der Waals surface area contributed by atoms with Crippen LogP contribution < -0.4 is 9.64 Å². The number of aliphatic hydroxyl groups is 1. The Bertz CT molecular complexity index is 729. The first-order chi connectivity index (χ1) is 12.5. The molecule has 2 aromatic rings. The Hall–Kier alpha value is -2.71. The second-order valence-corrected chi connectivity index (χ2v) is 6.42. The first-order valence-electron chi connectivity index (χ1n) is 8.46. The Labute approximate surface area is 151 Å². The van der Waals surface area contributed by atoms with E-state index < -0.39 is 10.6 Å². The molecule has 8 heteroatoms. The zero-order valence-corrected chi connectivity index (χ0v) is 14.6. The number of nitro benzene ring substituents is 1. The van der Waals surface area contributed by atoms with Gasteiger partial charge in [0.1, 0.15) is 23.9 Å². The van der Waals surface area contributed by atoms with E-state index in [-0.39, 0.29) is 12.3 Å². The predicted molar refractivity (Wildman–Crippen MR) is 97.2 cm³/mol. The minimum Gasteiger partial charge on any atom is -0.489 e. The van der Waals surface area contributed by atoms with Crippen LogP contribution in [0.25, 0.3) is 0 Å². The second-order valence-electron chi connectivity index (χ2n) is 6.42. The summed E-state index contributed by atoms with van der Waals surface area (Å²) in [6.07, 6.45) is 1.77. The maximum atomic E-state index is 10.8. The summed E-state index contributed by atoms with van der Waals surface area (Å²) in [6.45, 7) is 4.71. The zero-order chi connectivity index (χ0) is 18.6. The van der Waals surface area contributed by atoms with Gasteiger partial charge in [-0.1, -0.05) is 6.07 Å². The highest BCUT2D eigenvalue weighted by Crippen LogP contribution is 2.21. The fourth-order valence-corrected chi connectivity index (χ4v) is 2.93. The lowest BCUT2D eigenvalue weighted by Crippen LogP contribution is -2.58. The van der Waals surface area contributed by atoms with Crippen LogP contribution in [-0.2, 0) is 0 Å². The summed E-state index contributed by atoms with van der Waals surface area (Å²) in [7, 11) is 0. The Morgan fingerprint density at radius 1 is 1.19 bits per heavy atom. The van der Waals surface area contributed by atoms with Crippen molar-refractivity contribution in [3.05, 3.63) is 58.8 Å². The molecule has 1 saturated heterocycles. The van der Waals surface area contributed by atoms with Gasteiger partial charge < -0.3 is 14.7 Å². The third kappa shape index (κ3) is 4.27. The standard InChI is InChI=1S/C18H22N4O4/c1-18(23,14-26-16-7-5-15(6-8-16)22(24)25)21-12-10-20(11-13-21)17-4-2-3-9-19-17/h2-9,23H,10-14H2,1H3/t18-/m1/s1. The van der Waals surface area contributed by atoms with Gasteiger partial charge in [-0.3, -0.25) is 15.0 Å². The van der Waals surface area contributed by atoms with E-state index in [2.05, 4.69) is 9.88 Å². The van der Waals surface area contributed by atoms with E-state index in [4.69, 9.17) is 4.74 Å². The minimum atomic E-state index is -1.13. The number of hydrogen-bond acceptors (Lipinski definition) is 7. The van der Waals surface area contributed by atoms with Crippen LogP contribution >= 0.6 is 0 Å². The van der Waals surface area contributed by atoms with Crippen molar-refractivity contribution in [3.63, 3.8) is 0 Å². The van der Waals surface area contributed by atoms with Crippen molar-refractivity contribution in [1.29, 1.82) is 0 Å². The van der Waals surface area contributed by atoms with E-state index in [1.165, 1.54) is 24.3 Å². The Morgan fingerprint density at radius 3 is 2.46 bits per heavy atom. The molecule has 138 valence electrons. The number of nitro groups is 1. The maximum Gasteiger partial charge on any atom is 0.269 e. The van der Waals surface area contributed by atoms with Crippen molar-refractivity contribution in [3.8, 4) is 5.75 Å². The lowest BCUT2D eigenvalue weighted by molar-refractivity contribution is -0.384. The molecule has 1 atom stereocenters. The molecule has 26 heavy (non-hydrogen) atoms. The molecule has 8 nitrogen and oxygen atoms in total. The van der Waals surface area contributed by atoms with Crippen molar-refractivity contribution >= 4 is 11.5 Å². The minimum absolute atomic E-state index is 0.00903. The predicted octanol–water partition coefficient (Wildman–Crippen LogP) is 1.90. The van der Waals surface area contributed by atoms with Crippen LogP contribution in [0.1, 0.15) is 6.92 Å². The largest absolute Gasteiger partial charge is 0.489 e. The highest BCUT2D eigenvalue weighted by atomic mass is 16.6. The molecule has 1 aliphatic heterocycles. The van der Waals surface area contributed by atoms with Gasteiger partial charge in [-0.15, -0.1) is 0 Å². The van der Waals surface area contributed by atoms with Crippen LogP contribution in [-0.4, -0.2) is 58.4 Å². The molecule has 1 aliphatic rings. The molecule has 1 aromatic heterocycles. The van der Waals surface area contributed by atoms with Crippen LogP contribution in [0.3, 0.4) is 0 Å². The van der Waals surface area contributed by atoms with Crippen molar-refractivity contribution in [2.24, 2.45) is 0 Å². The topological polar surface area (TPSA) is 92.0 Å². The lowest BCUT2D eigenvalue weighted by atomic mass is 10.2. The molecule has 0 spiro atoms. The Balaban J connectivity index is 1.53. The lowest BCUT2D eigenvalue weighted by Gasteiger charge is -2.42. The number of piperazine rings is 1. The number of aromatic nitrogens is 1. The van der Waals surface area contributed by atoms with E-state index >= 15 is 0 Å². The molecule has 1 N–H and O–H groups in total. The third-order valence-electron chi connectivity index (χ3n) is 4.49. The molecular weight excluding hydrogens is 336 g/mol. The molecule has 0 amide bonds. The van der Waals surface area contributed by atoms with Gasteiger partial charge >= 0.3 is 0 Å². The normalized spacial score (nSPS) is 17.5. The summed E-state index contributed by atoms with van der Waals surface area (Å²) in [5.41, 5.74) is -1.12. The van der Waals surface area contributed by atoms with Gasteiger partial charge in [-0.2, -0.15) is 0 Å². The van der Waals surface area contributed by atoms with E-state index in [9.17, 15) is 15.2 Å². The quantitative estimate of drug-likeness (QED) is 0.623. The van der Waals surface area contributed by atoms with Crippen LogP contribution in [0.15, 0.2) is 48.7 Å². The highest BCUT2D eigenvalue weighted by Gasteiger charge is 2.33. The fourth-order valence-electron chi connectivity index (χ4n) is 2.93. The van der Waals surface area contributed by atoms with E-state index in [0.29, 0.717) is 18.8 Å². The average Bonchev–Trinajstić information content (AvgIpc) is 2.67. The first kappa shape index (κ1) is 18.1. The third-order valence-corrected chi connectivity index (χ3v) is 4.49. The first-order valence-corrected chi connectivity index (χ1v) is 8.46. The van der Waals surface area contributed by atoms with E-state index in [1.807, 2.05) is 23.1 Å². The molecule has 1 aromatic carbocycles. The summed E-state index contributed by atoms with van der Waals surface area (Å²) < 4.78 is 5.63. The maximum absolute atomic E-state index is 10.8. The van der Waals surface area contributed by atoms with E-state index in [1.54, 1.807) is 13.1 Å². The second kappa shape index (κ2) is 7.67. The molecule has 3 rings (SSSR count). The van der Waals surface area contributed by atoms with Gasteiger partial charge in [-0.05, 0) is 31.2 Å². The van der Waals surface area contributed by atoms with Crippen LogP contribution in [0.4, 0.5) is 11.5 Å². The van der Waals surface area contributed by atoms with Gasteiger partial charge in [0.15, 0.2) is 0 Å². The number of pyridine rings is 1. The number of benzene rings is 1. The molecule has 0 radical (unpaired) electrons. The van der Waals surface area contributed by atoms with Crippen molar-refractivity contribution < 1.29 is 14.8 Å². The van der Waals surface area contributed by atoms with Crippen molar-refractivity contribution in [2.45, 2.75) is 12.6 Å². The van der Waals surface area contributed by atoms with Crippen molar-refractivity contribution in [1.82, 2.24) is 9.88 Å². The number of non-ortho nitro benzene ring substituents is 1. The average molecular weight is 358 g/mol. The van der Waals surface area contributed by atoms with Gasteiger partial charge in [0.25, 0.3) is 5.69 Å². The molecule has 0 aliphatic carbocycles. The molecule has 1 fully saturated rings. The number of hydrogen-bond donors (Lipinski definition) is 1. The Kier molecular flexibility index (Phi) is 5.34. The molecular formula is C18H22N4O4. The smallest absolute Gasteiger partial charge is 0.269 e. The molecule has 0 bridgehead atoms. The van der Waals surface area contributed by atoms with Crippen LogP contribution in [0.2, 0.25) is 0 Å². The summed E-state index contributed by atoms with van der Waals surface area (Å²) in [4.78, 5) is 18.7. The Morgan fingerprint density at radius 2 is 1.88 bits per heavy atom. The fraction of sp³-hybridized carbons (Fsp3) is 0.389. The molecule has 2 heterocycles. The van der Waals surface area contributed by atoms with Crippen molar-refractivity contribution in [2.75, 3.05) is 37.7 Å². The van der Waals surface area contributed by atoms with Gasteiger partial charge in [0, 0.05) is 44.5 Å². The van der Waals surface area contributed by atoms with Gasteiger partial charge in [0.2, 0.25) is 0 Å². The van der Waals surface area contributed by atoms with Gasteiger partial charge in [0.05, 0.1) is 4.92 Å². The SMILES string of the molecule is C[C@@](O)(COc1ccc([N+](=O)[O-])cc1)N1CCN(c2ccccn2)CC1. The number of rotatable bonds is 6. The number of ether oxygens (including phenoxy) is 1. The summed E-state index contributed by atoms with van der Waals surface area (Å²) in [6, 6.07) is 11.7. The van der Waals surface area contributed by atoms with Gasteiger partial charge in [-0.25, -0.2) is 4.98 Å². The molecule has 0 unspecified atom stereocenters. The van der Waals surface area contributed by atoms with Crippen LogP contribution in [0, 0.1) is 10.1 Å². The summed E-state index contributed by atoms with van der Waals surface area (Å²) in [5.74, 6) is 1.43. The highest BCUT2D eigenvalue weighted by molar-refractivity contribution is 5.38. The summed E-state index contributed by atoms with van der Waals surface area (Å²) >= 11 is 0. The molecule has 0 saturated carbocycles.